The first-order chi connectivity index (χ1) is 7.11. The van der Waals surface area contributed by atoms with Gasteiger partial charge in [-0.2, -0.15) is 0 Å². The fourth-order valence-corrected chi connectivity index (χ4v) is 1.66. The van der Waals surface area contributed by atoms with Gasteiger partial charge >= 0.3 is 0 Å². The third-order valence-electron chi connectivity index (χ3n) is 2.71. The minimum Gasteiger partial charge on any atom is -0.266 e. The van der Waals surface area contributed by atoms with E-state index >= 15 is 0 Å². The van der Waals surface area contributed by atoms with Gasteiger partial charge in [0.2, 0.25) is 0 Å². The van der Waals surface area contributed by atoms with Crippen molar-refractivity contribution in [1.82, 2.24) is 19.6 Å². The van der Waals surface area contributed by atoms with E-state index in [1.807, 2.05) is 4.40 Å². The fourth-order valence-electron chi connectivity index (χ4n) is 1.43. The molecule has 80 valence electrons. The van der Waals surface area contributed by atoms with Crippen molar-refractivity contribution in [2.24, 2.45) is 5.92 Å². The maximum absolute atomic E-state index is 6.07. The zero-order valence-electron chi connectivity index (χ0n) is 8.98. The predicted octanol–water partition coefficient (Wildman–Crippen LogP) is 2.54. The molecule has 15 heavy (non-hydrogen) atoms. The second-order valence-electron chi connectivity index (χ2n) is 4.01. The molecule has 0 fully saturated rings. The Hall–Kier alpha value is -1.16. The van der Waals surface area contributed by atoms with Crippen molar-refractivity contribution in [1.29, 1.82) is 0 Å². The third-order valence-corrected chi connectivity index (χ3v) is 2.97. The summed E-state index contributed by atoms with van der Waals surface area (Å²) in [7, 11) is 0. The molecule has 0 saturated heterocycles. The number of hydrogen-bond acceptors (Lipinski definition) is 3. The molecule has 0 radical (unpaired) electrons. The lowest BCUT2D eigenvalue weighted by atomic mass is 9.97. The van der Waals surface area contributed by atoms with Crippen LogP contribution in [0.5, 0.6) is 0 Å². The Kier molecular flexibility index (Phi) is 2.61. The van der Waals surface area contributed by atoms with Gasteiger partial charge in [-0.25, -0.2) is 0 Å². The van der Waals surface area contributed by atoms with Crippen LogP contribution in [-0.2, 0) is 0 Å². The van der Waals surface area contributed by atoms with Crippen molar-refractivity contribution < 1.29 is 0 Å². The second kappa shape index (κ2) is 3.77. The van der Waals surface area contributed by atoms with E-state index < -0.39 is 0 Å². The van der Waals surface area contributed by atoms with E-state index in [1.54, 1.807) is 12.4 Å². The highest BCUT2D eigenvalue weighted by Crippen LogP contribution is 2.24. The molecule has 2 rings (SSSR count). The van der Waals surface area contributed by atoms with Gasteiger partial charge in [0, 0.05) is 5.92 Å². The number of aromatic nitrogens is 4. The van der Waals surface area contributed by atoms with Crippen molar-refractivity contribution in [3.63, 3.8) is 0 Å². The van der Waals surface area contributed by atoms with Crippen LogP contribution in [0, 0.1) is 5.92 Å². The second-order valence-corrected chi connectivity index (χ2v) is 4.40. The number of fused-ring (bicyclic) bond motifs is 1. The molecule has 4 nitrogen and oxygen atoms in total. The standard InChI is InChI=1S/C10H13ClN4/c1-6(2)7(3)10-14-13-9-5-12-4-8(11)15(9)10/h4-7H,1-3H3. The summed E-state index contributed by atoms with van der Waals surface area (Å²) >= 11 is 6.07. The zero-order valence-corrected chi connectivity index (χ0v) is 9.73. The van der Waals surface area contributed by atoms with Crippen LogP contribution in [0.15, 0.2) is 12.4 Å². The first-order valence-corrected chi connectivity index (χ1v) is 5.33. The normalized spacial score (nSPS) is 13.7. The summed E-state index contributed by atoms with van der Waals surface area (Å²) in [6.45, 7) is 6.43. The van der Waals surface area contributed by atoms with Gasteiger partial charge in [0.05, 0.1) is 12.4 Å². The van der Waals surface area contributed by atoms with Gasteiger partial charge in [-0.3, -0.25) is 9.38 Å². The van der Waals surface area contributed by atoms with E-state index in [0.29, 0.717) is 22.6 Å². The van der Waals surface area contributed by atoms with Gasteiger partial charge in [0.15, 0.2) is 5.65 Å². The topological polar surface area (TPSA) is 43.1 Å². The lowest BCUT2D eigenvalue weighted by molar-refractivity contribution is 0.506. The molecule has 0 spiro atoms. The van der Waals surface area contributed by atoms with E-state index in [4.69, 9.17) is 11.6 Å². The molecule has 0 aromatic carbocycles. The van der Waals surface area contributed by atoms with Crippen LogP contribution in [-0.4, -0.2) is 19.6 Å². The van der Waals surface area contributed by atoms with Gasteiger partial charge < -0.3 is 0 Å². The molecule has 2 aromatic rings. The maximum Gasteiger partial charge on any atom is 0.180 e. The highest BCUT2D eigenvalue weighted by atomic mass is 35.5. The van der Waals surface area contributed by atoms with Gasteiger partial charge in [0.25, 0.3) is 0 Å². The highest BCUT2D eigenvalue weighted by molar-refractivity contribution is 6.29. The summed E-state index contributed by atoms with van der Waals surface area (Å²) in [5, 5.41) is 8.77. The molecular weight excluding hydrogens is 212 g/mol. The maximum atomic E-state index is 6.07. The smallest absolute Gasteiger partial charge is 0.180 e. The Balaban J connectivity index is 2.62. The lowest BCUT2D eigenvalue weighted by Gasteiger charge is -2.13. The molecule has 2 heterocycles. The summed E-state index contributed by atoms with van der Waals surface area (Å²) in [4.78, 5) is 3.97. The van der Waals surface area contributed by atoms with Crippen LogP contribution in [0.25, 0.3) is 5.65 Å². The van der Waals surface area contributed by atoms with E-state index in [1.165, 1.54) is 0 Å². The van der Waals surface area contributed by atoms with Crippen LogP contribution < -0.4 is 0 Å². The summed E-state index contributed by atoms with van der Waals surface area (Å²) < 4.78 is 1.85. The zero-order chi connectivity index (χ0) is 11.0. The first kappa shape index (κ1) is 10.4. The van der Waals surface area contributed by atoms with E-state index in [-0.39, 0.29) is 0 Å². The monoisotopic (exact) mass is 224 g/mol. The van der Waals surface area contributed by atoms with Crippen LogP contribution in [0.2, 0.25) is 5.15 Å². The number of hydrogen-bond donors (Lipinski definition) is 0. The molecule has 0 amide bonds. The minimum absolute atomic E-state index is 0.319. The van der Waals surface area contributed by atoms with Crippen LogP contribution in [0.4, 0.5) is 0 Å². The quantitative estimate of drug-likeness (QED) is 0.788. The minimum atomic E-state index is 0.319. The average Bonchev–Trinajstić information content (AvgIpc) is 2.61. The molecule has 1 unspecified atom stereocenters. The molecule has 0 aliphatic heterocycles. The number of halogens is 1. The van der Waals surface area contributed by atoms with Crippen LogP contribution in [0.1, 0.15) is 32.5 Å². The predicted molar refractivity (Wildman–Crippen MR) is 59.0 cm³/mol. The van der Waals surface area contributed by atoms with Crippen LogP contribution >= 0.6 is 11.6 Å². The molecule has 0 bridgehead atoms. The Labute approximate surface area is 93.3 Å². The summed E-state index contributed by atoms with van der Waals surface area (Å²) in [6.07, 6.45) is 3.27. The van der Waals surface area contributed by atoms with Gasteiger partial charge in [-0.05, 0) is 5.92 Å². The van der Waals surface area contributed by atoms with Crippen molar-refractivity contribution in [3.8, 4) is 0 Å². The van der Waals surface area contributed by atoms with Crippen molar-refractivity contribution in [2.75, 3.05) is 0 Å². The van der Waals surface area contributed by atoms with Crippen LogP contribution in [0.3, 0.4) is 0 Å². The molecule has 0 saturated carbocycles. The summed E-state index contributed by atoms with van der Waals surface area (Å²) in [5.74, 6) is 1.72. The van der Waals surface area contributed by atoms with Gasteiger partial charge in [-0.15, -0.1) is 10.2 Å². The molecule has 0 aliphatic rings. The first-order valence-electron chi connectivity index (χ1n) is 4.95. The highest BCUT2D eigenvalue weighted by Gasteiger charge is 2.18. The molecular formula is C10H13ClN4. The molecule has 0 N–H and O–H groups in total. The Morgan fingerprint density at radius 2 is 1.93 bits per heavy atom. The number of rotatable bonds is 2. The fraction of sp³-hybridized carbons (Fsp3) is 0.500. The molecule has 2 aromatic heterocycles. The lowest BCUT2D eigenvalue weighted by Crippen LogP contribution is -2.07. The van der Waals surface area contributed by atoms with Crippen molar-refractivity contribution >= 4 is 17.2 Å². The SMILES string of the molecule is CC(C)C(C)c1nnc2cncc(Cl)n12. The van der Waals surface area contributed by atoms with E-state index in [9.17, 15) is 0 Å². The van der Waals surface area contributed by atoms with Gasteiger partial charge in [0.1, 0.15) is 11.0 Å². The van der Waals surface area contributed by atoms with Gasteiger partial charge in [-0.1, -0.05) is 32.4 Å². The molecule has 5 heteroatoms. The van der Waals surface area contributed by atoms with E-state index in [0.717, 1.165) is 5.82 Å². The number of nitrogens with zero attached hydrogens (tertiary/aromatic N) is 4. The molecule has 1 atom stereocenters. The summed E-state index contributed by atoms with van der Waals surface area (Å²) in [5.41, 5.74) is 0.699. The third kappa shape index (κ3) is 1.69. The Bertz CT molecular complexity index is 477. The van der Waals surface area contributed by atoms with Crippen molar-refractivity contribution in [3.05, 3.63) is 23.4 Å². The Morgan fingerprint density at radius 3 is 2.60 bits per heavy atom. The van der Waals surface area contributed by atoms with E-state index in [2.05, 4.69) is 36.0 Å². The largest absolute Gasteiger partial charge is 0.266 e. The average molecular weight is 225 g/mol. The molecule has 0 aliphatic carbocycles. The van der Waals surface area contributed by atoms with Crippen molar-refractivity contribution in [2.45, 2.75) is 26.7 Å². The Morgan fingerprint density at radius 1 is 1.20 bits per heavy atom. The summed E-state index contributed by atoms with van der Waals surface area (Å²) in [6, 6.07) is 0.